The first kappa shape index (κ1) is 24.3. The number of hydrogen-bond donors (Lipinski definition) is 1. The van der Waals surface area contributed by atoms with Crippen molar-refractivity contribution in [3.05, 3.63) is 76.3 Å². The second kappa shape index (κ2) is 11.1. The number of hydrogen-bond acceptors (Lipinski definition) is 7. The number of aryl methyl sites for hydroxylation is 2. The molecule has 0 unspecified atom stereocenters. The zero-order valence-corrected chi connectivity index (χ0v) is 19.8. The molecule has 3 aromatic rings. The van der Waals surface area contributed by atoms with E-state index in [4.69, 9.17) is 4.52 Å². The summed E-state index contributed by atoms with van der Waals surface area (Å²) in [6, 6.07) is 13.4. The second-order valence-electron chi connectivity index (χ2n) is 7.97. The minimum absolute atomic E-state index is 0.104. The Labute approximate surface area is 205 Å². The van der Waals surface area contributed by atoms with E-state index in [0.717, 1.165) is 27.8 Å². The van der Waals surface area contributed by atoms with Crippen LogP contribution in [0.2, 0.25) is 0 Å². The van der Waals surface area contributed by atoms with Crippen LogP contribution in [0.5, 0.6) is 0 Å². The number of amides is 3. The van der Waals surface area contributed by atoms with Crippen LogP contribution in [0.4, 0.5) is 9.18 Å². The van der Waals surface area contributed by atoms with Crippen molar-refractivity contribution in [1.82, 2.24) is 20.4 Å². The molecule has 0 saturated carbocycles. The highest BCUT2D eigenvalue weighted by molar-refractivity contribution is 8.18. The molecule has 1 aliphatic heterocycles. The van der Waals surface area contributed by atoms with Gasteiger partial charge in [-0.05, 0) is 61.0 Å². The standard InChI is InChI=1S/C25H23FN4O4S/c1-16-5-7-17(8-6-16)15-20-24(32)30(25(33)35-20)14-13-27-21(31)3-2-4-22-28-23(29-34-22)18-9-11-19(26)12-10-18/h5-12,15H,2-4,13-14H2,1H3,(H,27,31). The number of carbonyl (C=O) groups is 3. The molecule has 0 atom stereocenters. The van der Waals surface area contributed by atoms with Crippen molar-refractivity contribution in [1.29, 1.82) is 0 Å². The molecule has 35 heavy (non-hydrogen) atoms. The van der Waals surface area contributed by atoms with E-state index in [1.165, 1.54) is 12.1 Å². The summed E-state index contributed by atoms with van der Waals surface area (Å²) in [6.45, 7) is 2.25. The van der Waals surface area contributed by atoms with Crippen molar-refractivity contribution < 1.29 is 23.3 Å². The molecule has 0 bridgehead atoms. The summed E-state index contributed by atoms with van der Waals surface area (Å²) in [5.74, 6) is -0.165. The quantitative estimate of drug-likeness (QED) is 0.441. The summed E-state index contributed by atoms with van der Waals surface area (Å²) in [7, 11) is 0. The molecule has 0 radical (unpaired) electrons. The summed E-state index contributed by atoms with van der Waals surface area (Å²) in [5.41, 5.74) is 2.60. The monoisotopic (exact) mass is 494 g/mol. The number of nitrogens with one attached hydrogen (secondary N) is 1. The maximum Gasteiger partial charge on any atom is 0.293 e. The van der Waals surface area contributed by atoms with Crippen LogP contribution in [0.25, 0.3) is 17.5 Å². The number of benzene rings is 2. The molecule has 1 N–H and O–H groups in total. The molecule has 10 heteroatoms. The van der Waals surface area contributed by atoms with E-state index in [1.807, 2.05) is 31.2 Å². The Hall–Kier alpha value is -3.79. The van der Waals surface area contributed by atoms with Gasteiger partial charge in [-0.1, -0.05) is 35.0 Å². The fraction of sp³-hybridized carbons (Fsp3) is 0.240. The number of carbonyl (C=O) groups excluding carboxylic acids is 3. The third kappa shape index (κ3) is 6.42. The zero-order chi connectivity index (χ0) is 24.8. The van der Waals surface area contributed by atoms with Crippen LogP contribution in [0.15, 0.2) is 58.0 Å². The lowest BCUT2D eigenvalue weighted by Gasteiger charge is -2.12. The molecule has 1 aromatic heterocycles. The van der Waals surface area contributed by atoms with E-state index in [9.17, 15) is 18.8 Å². The van der Waals surface area contributed by atoms with Gasteiger partial charge in [0.05, 0.1) is 4.91 Å². The van der Waals surface area contributed by atoms with Gasteiger partial charge in [-0.2, -0.15) is 4.98 Å². The summed E-state index contributed by atoms with van der Waals surface area (Å²) in [5, 5.41) is 6.25. The van der Waals surface area contributed by atoms with Gasteiger partial charge in [-0.3, -0.25) is 19.3 Å². The van der Waals surface area contributed by atoms with Crippen LogP contribution in [0.1, 0.15) is 29.9 Å². The first-order valence-corrected chi connectivity index (χ1v) is 11.9. The average Bonchev–Trinajstić information content (AvgIpc) is 3.41. The zero-order valence-electron chi connectivity index (χ0n) is 19.0. The van der Waals surface area contributed by atoms with Gasteiger partial charge >= 0.3 is 0 Å². The Morgan fingerprint density at radius 2 is 1.89 bits per heavy atom. The Bertz CT molecular complexity index is 1260. The van der Waals surface area contributed by atoms with Gasteiger partial charge < -0.3 is 9.84 Å². The second-order valence-corrected chi connectivity index (χ2v) is 8.96. The van der Waals surface area contributed by atoms with Gasteiger partial charge in [-0.15, -0.1) is 0 Å². The van der Waals surface area contributed by atoms with Crippen LogP contribution in [-0.4, -0.2) is 45.2 Å². The highest BCUT2D eigenvalue weighted by atomic mass is 32.2. The van der Waals surface area contributed by atoms with E-state index >= 15 is 0 Å². The van der Waals surface area contributed by atoms with Gasteiger partial charge in [0.1, 0.15) is 5.82 Å². The molecule has 2 heterocycles. The Morgan fingerprint density at radius 3 is 2.63 bits per heavy atom. The van der Waals surface area contributed by atoms with Crippen LogP contribution >= 0.6 is 11.8 Å². The number of halogens is 1. The molecule has 0 aliphatic carbocycles. The van der Waals surface area contributed by atoms with Crippen molar-refractivity contribution in [2.24, 2.45) is 0 Å². The molecule has 1 fully saturated rings. The van der Waals surface area contributed by atoms with Crippen LogP contribution in [-0.2, 0) is 16.0 Å². The van der Waals surface area contributed by atoms with E-state index in [-0.39, 0.29) is 42.4 Å². The van der Waals surface area contributed by atoms with Gasteiger partial charge in [0.2, 0.25) is 17.6 Å². The number of imide groups is 1. The van der Waals surface area contributed by atoms with Crippen LogP contribution in [0, 0.1) is 12.7 Å². The Morgan fingerprint density at radius 1 is 1.14 bits per heavy atom. The molecule has 8 nitrogen and oxygen atoms in total. The molecule has 2 aromatic carbocycles. The summed E-state index contributed by atoms with van der Waals surface area (Å²) in [6.07, 6.45) is 2.82. The first-order valence-electron chi connectivity index (χ1n) is 11.1. The summed E-state index contributed by atoms with van der Waals surface area (Å²) in [4.78, 5) is 42.7. The lowest BCUT2D eigenvalue weighted by molar-refractivity contribution is -0.124. The topological polar surface area (TPSA) is 105 Å². The van der Waals surface area contributed by atoms with Gasteiger partial charge in [0.15, 0.2) is 0 Å². The fourth-order valence-electron chi connectivity index (χ4n) is 3.38. The summed E-state index contributed by atoms with van der Waals surface area (Å²) < 4.78 is 18.2. The van der Waals surface area contributed by atoms with Crippen LogP contribution < -0.4 is 5.32 Å². The third-order valence-corrected chi connectivity index (χ3v) is 6.18. The highest BCUT2D eigenvalue weighted by Crippen LogP contribution is 2.31. The smallest absolute Gasteiger partial charge is 0.293 e. The van der Waals surface area contributed by atoms with Crippen molar-refractivity contribution >= 4 is 34.9 Å². The molecule has 1 saturated heterocycles. The number of rotatable bonds is 9. The van der Waals surface area contributed by atoms with Gasteiger partial charge in [0.25, 0.3) is 11.1 Å². The SMILES string of the molecule is Cc1ccc(C=C2SC(=O)N(CCNC(=O)CCCc3nc(-c4ccc(F)cc4)no3)C2=O)cc1. The maximum absolute atomic E-state index is 13.0. The lowest BCUT2D eigenvalue weighted by Crippen LogP contribution is -2.37. The average molecular weight is 495 g/mol. The number of thioether (sulfide) groups is 1. The van der Waals surface area contributed by atoms with Crippen LogP contribution in [0.3, 0.4) is 0 Å². The van der Waals surface area contributed by atoms with Gasteiger partial charge in [-0.25, -0.2) is 4.39 Å². The largest absolute Gasteiger partial charge is 0.354 e. The first-order chi connectivity index (χ1) is 16.9. The van der Waals surface area contributed by atoms with Crippen molar-refractivity contribution in [3.8, 4) is 11.4 Å². The fourth-order valence-corrected chi connectivity index (χ4v) is 4.24. The molecule has 4 rings (SSSR count). The predicted molar refractivity (Wildman–Crippen MR) is 129 cm³/mol. The molecule has 0 spiro atoms. The molecular formula is C25H23FN4O4S. The molecule has 3 amide bonds. The van der Waals surface area contributed by atoms with Gasteiger partial charge in [0, 0.05) is 31.5 Å². The van der Waals surface area contributed by atoms with Crippen molar-refractivity contribution in [2.45, 2.75) is 26.2 Å². The summed E-state index contributed by atoms with van der Waals surface area (Å²) >= 11 is 0.896. The maximum atomic E-state index is 13.0. The van der Waals surface area contributed by atoms with E-state index in [0.29, 0.717) is 35.0 Å². The molecule has 1 aliphatic rings. The lowest BCUT2D eigenvalue weighted by atomic mass is 10.1. The molecule has 180 valence electrons. The molecular weight excluding hydrogens is 471 g/mol. The predicted octanol–water partition coefficient (Wildman–Crippen LogP) is 4.36. The van der Waals surface area contributed by atoms with Crippen molar-refractivity contribution in [3.63, 3.8) is 0 Å². The minimum atomic E-state index is -0.358. The third-order valence-electron chi connectivity index (χ3n) is 5.27. The van der Waals surface area contributed by atoms with E-state index in [2.05, 4.69) is 15.5 Å². The number of nitrogens with zero attached hydrogens (tertiary/aromatic N) is 3. The van der Waals surface area contributed by atoms with E-state index < -0.39 is 0 Å². The van der Waals surface area contributed by atoms with E-state index in [1.54, 1.807) is 18.2 Å². The normalized spacial score (nSPS) is 14.7. The number of aromatic nitrogens is 2. The van der Waals surface area contributed by atoms with Crippen molar-refractivity contribution in [2.75, 3.05) is 13.1 Å². The minimum Gasteiger partial charge on any atom is -0.354 e. The highest BCUT2D eigenvalue weighted by Gasteiger charge is 2.34. The Balaban J connectivity index is 1.19. The Kier molecular flexibility index (Phi) is 7.71.